The lowest BCUT2D eigenvalue weighted by Gasteiger charge is -2.14. The van der Waals surface area contributed by atoms with Gasteiger partial charge in [-0.3, -0.25) is 0 Å². The molecule has 0 spiro atoms. The minimum atomic E-state index is -3.39. The number of sulfone groups is 1. The lowest BCUT2D eigenvalue weighted by molar-refractivity contribution is 0.567. The molecule has 0 saturated heterocycles. The Hall–Kier alpha value is -0.390. The van der Waals surface area contributed by atoms with E-state index < -0.39 is 25.6 Å². The van der Waals surface area contributed by atoms with Crippen molar-refractivity contribution >= 4 is 33.0 Å². The van der Waals surface area contributed by atoms with Crippen LogP contribution in [-0.4, -0.2) is 19.7 Å². The predicted molar refractivity (Wildman–Crippen MR) is 60.0 cm³/mol. The number of halogens is 3. The van der Waals surface area contributed by atoms with Crippen molar-refractivity contribution in [2.24, 2.45) is 0 Å². The summed E-state index contributed by atoms with van der Waals surface area (Å²) in [6.07, 6.45) is 1.86. The van der Waals surface area contributed by atoms with Crippen molar-refractivity contribution in [1.82, 2.24) is 4.98 Å². The number of hydrogen-bond donors (Lipinski definition) is 0. The van der Waals surface area contributed by atoms with Gasteiger partial charge in [0.25, 0.3) is 0 Å². The SMILES string of the molecule is CS(=O)(=O)C1(c2cc(Cl)nc(Cl)c2F)CC1. The highest BCUT2D eigenvalue weighted by Crippen LogP contribution is 2.53. The second-order valence-electron chi connectivity index (χ2n) is 3.86. The fraction of sp³-hybridized carbons (Fsp3) is 0.444. The van der Waals surface area contributed by atoms with Crippen LogP contribution in [0.3, 0.4) is 0 Å². The first-order chi connectivity index (χ1) is 7.28. The van der Waals surface area contributed by atoms with Crippen LogP contribution in [0.4, 0.5) is 4.39 Å². The van der Waals surface area contributed by atoms with Gasteiger partial charge in [-0.05, 0) is 18.9 Å². The third-order valence-electron chi connectivity index (χ3n) is 2.79. The molecule has 88 valence electrons. The third kappa shape index (κ3) is 1.71. The Bertz CT molecular complexity index is 555. The zero-order valence-corrected chi connectivity index (χ0v) is 10.6. The van der Waals surface area contributed by atoms with Crippen molar-refractivity contribution in [3.8, 4) is 0 Å². The summed E-state index contributed by atoms with van der Waals surface area (Å²) < 4.78 is 35.8. The van der Waals surface area contributed by atoms with Gasteiger partial charge in [-0.25, -0.2) is 17.8 Å². The Morgan fingerprint density at radius 2 is 2.00 bits per heavy atom. The second-order valence-corrected chi connectivity index (χ2v) is 6.93. The van der Waals surface area contributed by atoms with Crippen LogP contribution >= 0.6 is 23.2 Å². The van der Waals surface area contributed by atoms with Crippen molar-refractivity contribution in [3.63, 3.8) is 0 Å². The van der Waals surface area contributed by atoms with Crippen molar-refractivity contribution in [2.45, 2.75) is 17.6 Å². The summed E-state index contributed by atoms with van der Waals surface area (Å²) in [4.78, 5) is 3.52. The highest BCUT2D eigenvalue weighted by atomic mass is 35.5. The normalized spacial score (nSPS) is 18.5. The van der Waals surface area contributed by atoms with Crippen LogP contribution in [0.1, 0.15) is 18.4 Å². The van der Waals surface area contributed by atoms with E-state index in [1.54, 1.807) is 0 Å². The Balaban J connectivity index is 2.67. The van der Waals surface area contributed by atoms with Crippen LogP contribution in [0.5, 0.6) is 0 Å². The molecule has 0 bridgehead atoms. The summed E-state index contributed by atoms with van der Waals surface area (Å²) in [5.41, 5.74) is 0.0278. The first-order valence-corrected chi connectivity index (χ1v) is 7.14. The van der Waals surface area contributed by atoms with Crippen LogP contribution in [-0.2, 0) is 14.6 Å². The molecule has 7 heteroatoms. The highest BCUT2D eigenvalue weighted by Gasteiger charge is 2.55. The van der Waals surface area contributed by atoms with Crippen LogP contribution in [0.2, 0.25) is 10.3 Å². The number of nitrogens with zero attached hydrogens (tertiary/aromatic N) is 1. The van der Waals surface area contributed by atoms with Crippen LogP contribution in [0.15, 0.2) is 6.07 Å². The lowest BCUT2D eigenvalue weighted by atomic mass is 10.1. The summed E-state index contributed by atoms with van der Waals surface area (Å²) in [6.45, 7) is 0. The summed E-state index contributed by atoms with van der Waals surface area (Å²) >= 11 is 11.2. The van der Waals surface area contributed by atoms with Gasteiger partial charge in [0.15, 0.2) is 20.8 Å². The maximum atomic E-state index is 13.7. The predicted octanol–water partition coefficient (Wildman–Crippen LogP) is 2.56. The molecule has 1 aliphatic carbocycles. The van der Waals surface area contributed by atoms with Gasteiger partial charge in [-0.15, -0.1) is 0 Å². The van der Waals surface area contributed by atoms with E-state index in [4.69, 9.17) is 23.2 Å². The zero-order chi connectivity index (χ0) is 12.1. The van der Waals surface area contributed by atoms with Crippen molar-refractivity contribution in [1.29, 1.82) is 0 Å². The maximum absolute atomic E-state index is 13.7. The van der Waals surface area contributed by atoms with E-state index in [-0.39, 0.29) is 10.7 Å². The van der Waals surface area contributed by atoms with E-state index >= 15 is 0 Å². The number of pyridine rings is 1. The quantitative estimate of drug-likeness (QED) is 0.784. The molecular weight excluding hydrogens is 276 g/mol. The molecule has 3 nitrogen and oxygen atoms in total. The highest BCUT2D eigenvalue weighted by molar-refractivity contribution is 7.92. The van der Waals surface area contributed by atoms with Crippen molar-refractivity contribution in [3.05, 3.63) is 27.8 Å². The molecule has 0 unspecified atom stereocenters. The smallest absolute Gasteiger partial charge is 0.166 e. The van der Waals surface area contributed by atoms with Crippen LogP contribution in [0, 0.1) is 5.82 Å². The summed E-state index contributed by atoms with van der Waals surface area (Å²) in [6, 6.07) is 1.23. The van der Waals surface area contributed by atoms with E-state index in [9.17, 15) is 12.8 Å². The first kappa shape index (κ1) is 12.1. The molecule has 1 heterocycles. The standard InChI is InChI=1S/C9H8Cl2FNO2S/c1-16(14,15)9(2-3-9)5-4-6(10)13-8(11)7(5)12/h4H,2-3H2,1H3. The Labute approximate surface area is 103 Å². The molecule has 0 aliphatic heterocycles. The second kappa shape index (κ2) is 3.55. The average Bonchev–Trinajstić information content (AvgIpc) is 2.90. The van der Waals surface area contributed by atoms with Crippen LogP contribution < -0.4 is 0 Å². The Kier molecular flexibility index (Phi) is 2.68. The van der Waals surface area contributed by atoms with Gasteiger partial charge < -0.3 is 0 Å². The molecule has 0 atom stereocenters. The van der Waals surface area contributed by atoms with Gasteiger partial charge in [-0.1, -0.05) is 23.2 Å². The largest absolute Gasteiger partial charge is 0.228 e. The molecule has 16 heavy (non-hydrogen) atoms. The minimum absolute atomic E-state index is 0.00340. The minimum Gasteiger partial charge on any atom is -0.228 e. The molecule has 0 N–H and O–H groups in total. The van der Waals surface area contributed by atoms with Gasteiger partial charge in [0.1, 0.15) is 5.15 Å². The van der Waals surface area contributed by atoms with Gasteiger partial charge >= 0.3 is 0 Å². The van der Waals surface area contributed by atoms with Gasteiger partial charge in [0, 0.05) is 11.8 Å². The molecule has 0 aromatic carbocycles. The third-order valence-corrected chi connectivity index (χ3v) is 5.28. The molecule has 0 radical (unpaired) electrons. The fourth-order valence-electron chi connectivity index (χ4n) is 1.75. The van der Waals surface area contributed by atoms with Crippen molar-refractivity contribution < 1.29 is 12.8 Å². The number of rotatable bonds is 2. The average molecular weight is 284 g/mol. The Morgan fingerprint density at radius 3 is 2.44 bits per heavy atom. The number of aromatic nitrogens is 1. The maximum Gasteiger partial charge on any atom is 0.166 e. The lowest BCUT2D eigenvalue weighted by Crippen LogP contribution is -2.21. The molecule has 1 aliphatic rings. The summed E-state index contributed by atoms with van der Waals surface area (Å²) in [5.74, 6) is -0.797. The molecule has 1 fully saturated rings. The van der Waals surface area contributed by atoms with E-state index in [2.05, 4.69) is 4.98 Å². The summed E-state index contributed by atoms with van der Waals surface area (Å²) in [7, 11) is -3.39. The Morgan fingerprint density at radius 1 is 1.44 bits per heavy atom. The summed E-state index contributed by atoms with van der Waals surface area (Å²) in [5, 5.41) is -0.395. The molecule has 1 saturated carbocycles. The molecular formula is C9H8Cl2FNO2S. The van der Waals surface area contributed by atoms with E-state index in [1.807, 2.05) is 0 Å². The van der Waals surface area contributed by atoms with Crippen LogP contribution in [0.25, 0.3) is 0 Å². The molecule has 2 rings (SSSR count). The molecule has 0 amide bonds. The monoisotopic (exact) mass is 283 g/mol. The van der Waals surface area contributed by atoms with E-state index in [0.29, 0.717) is 12.8 Å². The van der Waals surface area contributed by atoms with E-state index in [0.717, 1.165) is 6.26 Å². The zero-order valence-electron chi connectivity index (χ0n) is 8.30. The fourth-order valence-corrected chi connectivity index (χ4v) is 3.58. The first-order valence-electron chi connectivity index (χ1n) is 4.49. The van der Waals surface area contributed by atoms with Gasteiger partial charge in [0.2, 0.25) is 0 Å². The molecule has 1 aromatic rings. The van der Waals surface area contributed by atoms with E-state index in [1.165, 1.54) is 6.07 Å². The number of hydrogen-bond acceptors (Lipinski definition) is 3. The topological polar surface area (TPSA) is 47.0 Å². The van der Waals surface area contributed by atoms with Gasteiger partial charge in [0.05, 0.1) is 4.75 Å². The molecule has 1 aromatic heterocycles. The van der Waals surface area contributed by atoms with Gasteiger partial charge in [-0.2, -0.15) is 0 Å². The van der Waals surface area contributed by atoms with Crippen molar-refractivity contribution in [2.75, 3.05) is 6.26 Å².